The van der Waals surface area contributed by atoms with Crippen LogP contribution in [-0.2, 0) is 11.2 Å². The standard InChI is InChI=1S/C19H28N4O2/c1-14-17(11-18(24)20-12-19(3,25)13-22(4)5)15(2)23(21-14)16-9-7-6-8-10-16/h6-10,25H,11-13H2,1-5H3,(H,20,24). The molecule has 0 bridgehead atoms. The fraction of sp³-hybridized carbons (Fsp3) is 0.474. The number of hydrogen-bond acceptors (Lipinski definition) is 4. The number of aliphatic hydroxyl groups is 1. The van der Waals surface area contributed by atoms with Gasteiger partial charge in [-0.1, -0.05) is 18.2 Å². The maximum absolute atomic E-state index is 12.3. The highest BCUT2D eigenvalue weighted by Crippen LogP contribution is 2.18. The summed E-state index contributed by atoms with van der Waals surface area (Å²) in [5, 5.41) is 17.7. The monoisotopic (exact) mass is 344 g/mol. The third-order valence-corrected chi connectivity index (χ3v) is 4.10. The molecule has 0 aliphatic carbocycles. The quantitative estimate of drug-likeness (QED) is 0.798. The highest BCUT2D eigenvalue weighted by Gasteiger charge is 2.23. The van der Waals surface area contributed by atoms with Gasteiger partial charge in [0.1, 0.15) is 0 Å². The van der Waals surface area contributed by atoms with Gasteiger partial charge in [0.15, 0.2) is 0 Å². The van der Waals surface area contributed by atoms with Crippen molar-refractivity contribution in [2.24, 2.45) is 0 Å². The molecule has 0 fully saturated rings. The Bertz CT molecular complexity index is 721. The van der Waals surface area contributed by atoms with Crippen molar-refractivity contribution < 1.29 is 9.90 Å². The smallest absolute Gasteiger partial charge is 0.224 e. The molecule has 6 heteroatoms. The molecule has 1 amide bonds. The van der Waals surface area contributed by atoms with E-state index in [9.17, 15) is 9.90 Å². The summed E-state index contributed by atoms with van der Waals surface area (Å²) in [6.07, 6.45) is 0.253. The molecular formula is C19H28N4O2. The molecule has 0 spiro atoms. The maximum atomic E-state index is 12.3. The van der Waals surface area contributed by atoms with Gasteiger partial charge in [-0.3, -0.25) is 4.79 Å². The van der Waals surface area contributed by atoms with Crippen LogP contribution in [0.2, 0.25) is 0 Å². The summed E-state index contributed by atoms with van der Waals surface area (Å²) in [5.41, 5.74) is 2.74. The molecule has 0 saturated heterocycles. The Morgan fingerprint density at radius 2 is 1.92 bits per heavy atom. The normalized spacial score (nSPS) is 13.7. The fourth-order valence-electron chi connectivity index (χ4n) is 3.00. The van der Waals surface area contributed by atoms with Crippen LogP contribution >= 0.6 is 0 Å². The number of para-hydroxylation sites is 1. The highest BCUT2D eigenvalue weighted by molar-refractivity contribution is 5.79. The third kappa shape index (κ3) is 5.14. The molecule has 0 radical (unpaired) electrons. The number of hydrogen-bond donors (Lipinski definition) is 2. The predicted octanol–water partition coefficient (Wildman–Crippen LogP) is 1.46. The van der Waals surface area contributed by atoms with Crippen LogP contribution < -0.4 is 5.32 Å². The first-order chi connectivity index (χ1) is 11.7. The molecule has 1 atom stereocenters. The van der Waals surface area contributed by atoms with Gasteiger partial charge in [0, 0.05) is 24.3 Å². The number of rotatable bonds is 7. The lowest BCUT2D eigenvalue weighted by Crippen LogP contribution is -2.47. The summed E-state index contributed by atoms with van der Waals surface area (Å²) in [4.78, 5) is 14.2. The molecule has 2 rings (SSSR count). The molecule has 2 aromatic rings. The van der Waals surface area contributed by atoms with E-state index in [0.29, 0.717) is 6.54 Å². The van der Waals surface area contributed by atoms with E-state index in [2.05, 4.69) is 10.4 Å². The van der Waals surface area contributed by atoms with Crippen LogP contribution in [-0.4, -0.2) is 58.5 Å². The second-order valence-electron chi connectivity index (χ2n) is 7.08. The van der Waals surface area contributed by atoms with Crippen molar-refractivity contribution in [3.8, 4) is 5.69 Å². The summed E-state index contributed by atoms with van der Waals surface area (Å²) in [6.45, 7) is 6.30. The topological polar surface area (TPSA) is 70.4 Å². The zero-order chi connectivity index (χ0) is 18.6. The molecular weight excluding hydrogens is 316 g/mol. The highest BCUT2D eigenvalue weighted by atomic mass is 16.3. The van der Waals surface area contributed by atoms with Crippen LogP contribution in [0, 0.1) is 13.8 Å². The summed E-state index contributed by atoms with van der Waals surface area (Å²) < 4.78 is 1.86. The molecule has 0 aliphatic heterocycles. The molecule has 0 aliphatic rings. The third-order valence-electron chi connectivity index (χ3n) is 4.10. The number of nitrogens with one attached hydrogen (secondary N) is 1. The zero-order valence-corrected chi connectivity index (χ0v) is 15.7. The number of amides is 1. The number of aryl methyl sites for hydroxylation is 1. The van der Waals surface area contributed by atoms with E-state index in [0.717, 1.165) is 22.6 Å². The first kappa shape index (κ1) is 19.1. The van der Waals surface area contributed by atoms with Crippen LogP contribution in [0.15, 0.2) is 30.3 Å². The lowest BCUT2D eigenvalue weighted by Gasteiger charge is -2.27. The minimum Gasteiger partial charge on any atom is -0.387 e. The van der Waals surface area contributed by atoms with Crippen LogP contribution in [0.4, 0.5) is 0 Å². The first-order valence-corrected chi connectivity index (χ1v) is 8.44. The van der Waals surface area contributed by atoms with Crippen LogP contribution in [0.1, 0.15) is 23.9 Å². The van der Waals surface area contributed by atoms with Gasteiger partial charge in [-0.2, -0.15) is 5.10 Å². The Labute approximate surface area is 149 Å². The molecule has 1 aromatic heterocycles. The molecule has 6 nitrogen and oxygen atoms in total. The van der Waals surface area contributed by atoms with E-state index in [1.165, 1.54) is 0 Å². The largest absolute Gasteiger partial charge is 0.387 e. The lowest BCUT2D eigenvalue weighted by atomic mass is 10.1. The van der Waals surface area contributed by atoms with E-state index < -0.39 is 5.60 Å². The van der Waals surface area contributed by atoms with Crippen LogP contribution in [0.3, 0.4) is 0 Å². The van der Waals surface area contributed by atoms with Gasteiger partial charge in [0.05, 0.1) is 23.4 Å². The van der Waals surface area contributed by atoms with E-state index in [-0.39, 0.29) is 18.9 Å². The molecule has 1 heterocycles. The average molecular weight is 344 g/mol. The first-order valence-electron chi connectivity index (χ1n) is 8.44. The summed E-state index contributed by atoms with van der Waals surface area (Å²) in [7, 11) is 3.78. The second kappa shape index (κ2) is 7.80. The van der Waals surface area contributed by atoms with Crippen molar-refractivity contribution in [1.29, 1.82) is 0 Å². The molecule has 25 heavy (non-hydrogen) atoms. The van der Waals surface area contributed by atoms with E-state index >= 15 is 0 Å². The molecule has 2 N–H and O–H groups in total. The number of carbonyl (C=O) groups excluding carboxylic acids is 1. The van der Waals surface area contributed by atoms with E-state index in [1.807, 2.05) is 67.9 Å². The van der Waals surface area contributed by atoms with Gasteiger partial charge in [0.25, 0.3) is 0 Å². The van der Waals surface area contributed by atoms with Crippen LogP contribution in [0.5, 0.6) is 0 Å². The summed E-state index contributed by atoms with van der Waals surface area (Å²) in [5.74, 6) is -0.113. The van der Waals surface area contributed by atoms with Gasteiger partial charge in [0.2, 0.25) is 5.91 Å². The number of aromatic nitrogens is 2. The van der Waals surface area contributed by atoms with Crippen molar-refractivity contribution in [2.45, 2.75) is 32.8 Å². The molecule has 136 valence electrons. The zero-order valence-electron chi connectivity index (χ0n) is 15.7. The molecule has 1 unspecified atom stereocenters. The Morgan fingerprint density at radius 1 is 1.28 bits per heavy atom. The van der Waals surface area contributed by atoms with Gasteiger partial charge in [-0.25, -0.2) is 4.68 Å². The Balaban J connectivity index is 2.06. The predicted molar refractivity (Wildman–Crippen MR) is 98.9 cm³/mol. The van der Waals surface area contributed by atoms with Crippen molar-refractivity contribution in [3.63, 3.8) is 0 Å². The molecule has 1 aromatic carbocycles. The maximum Gasteiger partial charge on any atom is 0.224 e. The second-order valence-corrected chi connectivity index (χ2v) is 7.08. The number of benzene rings is 1. The summed E-state index contributed by atoms with van der Waals surface area (Å²) >= 11 is 0. The van der Waals surface area contributed by atoms with Gasteiger partial charge >= 0.3 is 0 Å². The van der Waals surface area contributed by atoms with Crippen molar-refractivity contribution >= 4 is 5.91 Å². The Hall–Kier alpha value is -2.18. The van der Waals surface area contributed by atoms with Gasteiger partial charge in [-0.05, 0) is 47.0 Å². The fourth-order valence-corrected chi connectivity index (χ4v) is 3.00. The average Bonchev–Trinajstić information content (AvgIpc) is 2.81. The van der Waals surface area contributed by atoms with E-state index in [4.69, 9.17) is 0 Å². The van der Waals surface area contributed by atoms with Crippen molar-refractivity contribution in [1.82, 2.24) is 20.0 Å². The van der Waals surface area contributed by atoms with Gasteiger partial charge in [-0.15, -0.1) is 0 Å². The van der Waals surface area contributed by atoms with Crippen LogP contribution in [0.25, 0.3) is 5.69 Å². The SMILES string of the molecule is Cc1nn(-c2ccccc2)c(C)c1CC(=O)NCC(C)(O)CN(C)C. The molecule has 0 saturated carbocycles. The summed E-state index contributed by atoms with van der Waals surface area (Å²) in [6, 6.07) is 9.86. The lowest BCUT2D eigenvalue weighted by molar-refractivity contribution is -0.121. The van der Waals surface area contributed by atoms with Crippen molar-refractivity contribution in [2.75, 3.05) is 27.2 Å². The van der Waals surface area contributed by atoms with E-state index in [1.54, 1.807) is 6.92 Å². The van der Waals surface area contributed by atoms with Crippen molar-refractivity contribution in [3.05, 3.63) is 47.3 Å². The minimum atomic E-state index is -0.961. The Kier molecular flexibility index (Phi) is 5.98. The Morgan fingerprint density at radius 3 is 2.52 bits per heavy atom. The number of carbonyl (C=O) groups is 1. The number of likely N-dealkylation sites (N-methyl/N-ethyl adjacent to an activating group) is 1. The van der Waals surface area contributed by atoms with Gasteiger partial charge < -0.3 is 15.3 Å². The minimum absolute atomic E-state index is 0.113. The number of nitrogens with zero attached hydrogens (tertiary/aromatic N) is 3.